The van der Waals surface area contributed by atoms with E-state index in [2.05, 4.69) is 5.32 Å². The first-order valence-corrected chi connectivity index (χ1v) is 14.9. The number of ether oxygens (including phenoxy) is 4. The predicted molar refractivity (Wildman–Crippen MR) is 173 cm³/mol. The number of carbonyl (C=O) groups excluding carboxylic acids is 1. The van der Waals surface area contributed by atoms with E-state index in [4.69, 9.17) is 18.9 Å². The smallest absolute Gasteiger partial charge is 0.408 e. The molecule has 0 saturated heterocycles. The third-order valence-corrected chi connectivity index (χ3v) is 7.66. The van der Waals surface area contributed by atoms with Gasteiger partial charge in [-0.25, -0.2) is 9.59 Å². The number of benzene rings is 4. The van der Waals surface area contributed by atoms with Gasteiger partial charge in [0.1, 0.15) is 28.7 Å². The van der Waals surface area contributed by atoms with Gasteiger partial charge in [0.25, 0.3) is 0 Å². The second-order valence-electron chi connectivity index (χ2n) is 11.3. The van der Waals surface area contributed by atoms with Crippen LogP contribution in [-0.4, -0.2) is 49.6 Å². The van der Waals surface area contributed by atoms with Crippen LogP contribution in [0.3, 0.4) is 0 Å². The number of carboxylic acid groups (broad SMARTS) is 1. The summed E-state index contributed by atoms with van der Waals surface area (Å²) in [5.74, 6) is 0.347. The number of nitrogens with one attached hydrogen (secondary N) is 1. The number of alkyl carbamates (subject to hydrolysis) is 1. The Morgan fingerprint density at radius 3 is 1.71 bits per heavy atom. The fraction of sp³-hybridized carbons (Fsp3) is 0.297. The largest absolute Gasteiger partial charge is 0.497 e. The van der Waals surface area contributed by atoms with E-state index in [0.717, 1.165) is 33.8 Å². The highest BCUT2D eigenvalue weighted by Gasteiger charge is 2.38. The molecule has 4 aromatic rings. The molecule has 4 rings (SSSR count). The van der Waals surface area contributed by atoms with E-state index in [1.807, 2.05) is 109 Å². The summed E-state index contributed by atoms with van der Waals surface area (Å²) in [6, 6.07) is 33.7. The Hall–Kier alpha value is -4.82. The summed E-state index contributed by atoms with van der Waals surface area (Å²) in [5, 5.41) is 12.2. The van der Waals surface area contributed by atoms with Gasteiger partial charge >= 0.3 is 12.1 Å². The molecule has 4 aromatic carbocycles. The monoisotopic (exact) mass is 611 g/mol. The van der Waals surface area contributed by atoms with Gasteiger partial charge in [0.15, 0.2) is 0 Å². The number of aliphatic carboxylic acids is 1. The van der Waals surface area contributed by atoms with E-state index in [1.165, 1.54) is 0 Å². The summed E-state index contributed by atoms with van der Waals surface area (Å²) in [5.41, 5.74) is 1.78. The summed E-state index contributed by atoms with van der Waals surface area (Å²) in [6.45, 7) is 3.95. The van der Waals surface area contributed by atoms with Crippen LogP contribution in [0.5, 0.6) is 11.5 Å². The highest BCUT2D eigenvalue weighted by Crippen LogP contribution is 2.42. The topological polar surface area (TPSA) is 103 Å². The Labute approximate surface area is 264 Å². The van der Waals surface area contributed by atoms with Gasteiger partial charge in [0, 0.05) is 13.0 Å². The first-order valence-electron chi connectivity index (χ1n) is 14.9. The first-order chi connectivity index (χ1) is 21.7. The van der Waals surface area contributed by atoms with Gasteiger partial charge in [-0.05, 0) is 73.2 Å². The normalized spacial score (nSPS) is 12.2. The van der Waals surface area contributed by atoms with Gasteiger partial charge < -0.3 is 29.4 Å². The van der Waals surface area contributed by atoms with Crippen molar-refractivity contribution in [1.82, 2.24) is 5.32 Å². The van der Waals surface area contributed by atoms with Crippen molar-refractivity contribution in [2.75, 3.05) is 20.8 Å². The van der Waals surface area contributed by atoms with E-state index in [-0.39, 0.29) is 6.42 Å². The predicted octanol–water partition coefficient (Wildman–Crippen LogP) is 6.99. The van der Waals surface area contributed by atoms with E-state index < -0.39 is 29.3 Å². The van der Waals surface area contributed by atoms with Gasteiger partial charge in [0.2, 0.25) is 0 Å². The van der Waals surface area contributed by atoms with Crippen molar-refractivity contribution in [2.24, 2.45) is 0 Å². The molecule has 0 aromatic heterocycles. The average Bonchev–Trinajstić information content (AvgIpc) is 3.05. The lowest BCUT2D eigenvalue weighted by atomic mass is 9.80. The highest BCUT2D eigenvalue weighted by molar-refractivity contribution is 5.80. The zero-order valence-corrected chi connectivity index (χ0v) is 26.2. The van der Waals surface area contributed by atoms with Gasteiger partial charge in [-0.1, -0.05) is 84.9 Å². The molecule has 0 aliphatic rings. The van der Waals surface area contributed by atoms with Crippen molar-refractivity contribution >= 4 is 12.1 Å². The summed E-state index contributed by atoms with van der Waals surface area (Å²) in [6.07, 6.45) is 0.414. The molecule has 8 heteroatoms. The van der Waals surface area contributed by atoms with Crippen LogP contribution in [0.2, 0.25) is 0 Å². The van der Waals surface area contributed by atoms with Crippen LogP contribution in [0.1, 0.15) is 48.9 Å². The van der Waals surface area contributed by atoms with Crippen LogP contribution in [-0.2, 0) is 26.3 Å². The molecule has 236 valence electrons. The number of carboxylic acids is 1. The Morgan fingerprint density at radius 2 is 1.22 bits per heavy atom. The van der Waals surface area contributed by atoms with Crippen molar-refractivity contribution in [1.29, 1.82) is 0 Å². The second kappa shape index (κ2) is 15.3. The molecule has 0 aliphatic carbocycles. The first kappa shape index (κ1) is 33.1. The Bertz CT molecular complexity index is 1460. The SMILES string of the molecule is COc1ccc(C(OCCCC(C)(C)OC(=O)NC(Cc2ccccc2)C(=O)O)(c2ccccc2)c2ccc(OC)cc2)cc1. The summed E-state index contributed by atoms with van der Waals surface area (Å²) in [4.78, 5) is 24.6. The van der Waals surface area contributed by atoms with E-state index in [0.29, 0.717) is 19.4 Å². The molecule has 0 aliphatic heterocycles. The summed E-state index contributed by atoms with van der Waals surface area (Å²) >= 11 is 0. The lowest BCUT2D eigenvalue weighted by molar-refractivity contribution is -0.139. The zero-order chi connectivity index (χ0) is 32.3. The van der Waals surface area contributed by atoms with E-state index in [1.54, 1.807) is 28.1 Å². The third kappa shape index (κ3) is 8.64. The second-order valence-corrected chi connectivity index (χ2v) is 11.3. The van der Waals surface area contributed by atoms with E-state index >= 15 is 0 Å². The fourth-order valence-corrected chi connectivity index (χ4v) is 5.32. The molecule has 1 atom stereocenters. The molecule has 0 radical (unpaired) electrons. The molecule has 1 unspecified atom stereocenters. The molecule has 0 spiro atoms. The maximum atomic E-state index is 12.8. The molecule has 2 N–H and O–H groups in total. The molecule has 0 saturated carbocycles. The Kier molecular flexibility index (Phi) is 11.2. The third-order valence-electron chi connectivity index (χ3n) is 7.66. The highest BCUT2D eigenvalue weighted by atomic mass is 16.6. The fourth-order valence-electron chi connectivity index (χ4n) is 5.32. The zero-order valence-electron chi connectivity index (χ0n) is 26.2. The van der Waals surface area contributed by atoms with Crippen LogP contribution in [0.25, 0.3) is 0 Å². The maximum absolute atomic E-state index is 12.8. The quantitative estimate of drug-likeness (QED) is 0.110. The summed E-state index contributed by atoms with van der Waals surface area (Å²) < 4.78 is 23.4. The van der Waals surface area contributed by atoms with Gasteiger partial charge in [-0.3, -0.25) is 0 Å². The minimum Gasteiger partial charge on any atom is -0.497 e. The van der Waals surface area contributed by atoms with Crippen LogP contribution in [0.4, 0.5) is 4.79 Å². The number of rotatable bonds is 15. The van der Waals surface area contributed by atoms with Crippen molar-refractivity contribution in [3.63, 3.8) is 0 Å². The van der Waals surface area contributed by atoms with Crippen LogP contribution in [0, 0.1) is 0 Å². The van der Waals surface area contributed by atoms with Gasteiger partial charge in [-0.2, -0.15) is 0 Å². The number of hydrogen-bond donors (Lipinski definition) is 2. The van der Waals surface area contributed by atoms with Gasteiger partial charge in [-0.15, -0.1) is 0 Å². The Balaban J connectivity index is 1.50. The van der Waals surface area contributed by atoms with E-state index in [9.17, 15) is 14.7 Å². The van der Waals surface area contributed by atoms with Crippen molar-refractivity contribution in [2.45, 2.75) is 50.4 Å². The molecule has 45 heavy (non-hydrogen) atoms. The number of carbonyl (C=O) groups is 2. The lowest BCUT2D eigenvalue weighted by Gasteiger charge is -2.36. The molecular formula is C37H41NO7. The van der Waals surface area contributed by atoms with Gasteiger partial charge in [0.05, 0.1) is 14.2 Å². The number of amides is 1. The molecule has 0 fully saturated rings. The van der Waals surface area contributed by atoms with Crippen LogP contribution >= 0.6 is 0 Å². The number of hydrogen-bond acceptors (Lipinski definition) is 6. The van der Waals surface area contributed by atoms with Crippen LogP contribution < -0.4 is 14.8 Å². The molecule has 0 bridgehead atoms. The van der Waals surface area contributed by atoms with Crippen molar-refractivity contribution in [3.05, 3.63) is 131 Å². The van der Waals surface area contributed by atoms with Crippen molar-refractivity contribution < 1.29 is 33.6 Å². The standard InChI is InChI=1S/C37H41NO7/c1-36(2,45-35(41)38-33(34(39)40)26-27-12-7-5-8-13-27)24-11-25-44-37(28-14-9-6-10-15-28,29-16-20-31(42-3)21-17-29)30-18-22-32(43-4)23-19-30/h5-10,12-23,33H,11,24-26H2,1-4H3,(H,38,41)(H,39,40). The Morgan fingerprint density at radius 1 is 0.733 bits per heavy atom. The maximum Gasteiger partial charge on any atom is 0.408 e. The average molecular weight is 612 g/mol. The molecule has 0 heterocycles. The van der Waals surface area contributed by atoms with Crippen molar-refractivity contribution in [3.8, 4) is 11.5 Å². The number of methoxy groups -OCH3 is 2. The summed E-state index contributed by atoms with van der Waals surface area (Å²) in [7, 11) is 3.27. The van der Waals surface area contributed by atoms with Crippen LogP contribution in [0.15, 0.2) is 109 Å². The molecular weight excluding hydrogens is 570 g/mol. The minimum atomic E-state index is -1.13. The molecule has 8 nitrogen and oxygen atoms in total. The lowest BCUT2D eigenvalue weighted by Crippen LogP contribution is -2.45. The minimum absolute atomic E-state index is 0.151. The molecule has 1 amide bonds.